The van der Waals surface area contributed by atoms with E-state index in [-0.39, 0.29) is 12.2 Å². The molecule has 1 aromatic carbocycles. The molecule has 0 saturated carbocycles. The number of alkyl halides is 3. The van der Waals surface area contributed by atoms with E-state index in [1.807, 2.05) is 0 Å². The highest BCUT2D eigenvalue weighted by Crippen LogP contribution is 2.31. The summed E-state index contributed by atoms with van der Waals surface area (Å²) in [5, 5.41) is 6.24. The van der Waals surface area contributed by atoms with Crippen molar-refractivity contribution in [1.82, 2.24) is 24.8 Å². The van der Waals surface area contributed by atoms with E-state index in [2.05, 4.69) is 25.6 Å². The van der Waals surface area contributed by atoms with Crippen LogP contribution in [0.2, 0.25) is 0 Å². The van der Waals surface area contributed by atoms with Crippen LogP contribution in [0.5, 0.6) is 0 Å². The highest BCUT2D eigenvalue weighted by molar-refractivity contribution is 7.15. The Bertz CT molecular complexity index is 1350. The Kier molecular flexibility index (Phi) is 6.20. The van der Waals surface area contributed by atoms with Gasteiger partial charge in [0.05, 0.1) is 29.6 Å². The molecule has 0 saturated heterocycles. The summed E-state index contributed by atoms with van der Waals surface area (Å²) in [6.07, 6.45) is 0.0526. The summed E-state index contributed by atoms with van der Waals surface area (Å²) < 4.78 is 39.6. The van der Waals surface area contributed by atoms with E-state index < -0.39 is 29.6 Å². The summed E-state index contributed by atoms with van der Waals surface area (Å²) in [7, 11) is 0. The van der Waals surface area contributed by atoms with Gasteiger partial charge in [-0.15, -0.1) is 0 Å². The molecule has 0 aliphatic heterocycles. The zero-order valence-electron chi connectivity index (χ0n) is 17.6. The summed E-state index contributed by atoms with van der Waals surface area (Å²) in [4.78, 5) is 37.1. The van der Waals surface area contributed by atoms with Crippen LogP contribution in [0.4, 0.5) is 24.0 Å². The number of thiazole rings is 1. The minimum Gasteiger partial charge on any atom is -0.368 e. The molecule has 3 heterocycles. The monoisotopic (exact) mass is 489 g/mol. The predicted octanol–water partition coefficient (Wildman–Crippen LogP) is 3.63. The van der Waals surface area contributed by atoms with Crippen LogP contribution in [-0.2, 0) is 17.5 Å². The Labute approximate surface area is 194 Å². The first-order valence-corrected chi connectivity index (χ1v) is 10.7. The SMILES string of the molecule is CC(NC(=O)c1cc2c(cn1)ncn2CC(N)=O)c1cnc(Nc2ccc(C(F)(F)F)cc2)s1. The molecular weight excluding hydrogens is 471 g/mol. The van der Waals surface area contributed by atoms with Gasteiger partial charge in [0.15, 0.2) is 5.13 Å². The quantitative estimate of drug-likeness (QED) is 0.364. The van der Waals surface area contributed by atoms with Gasteiger partial charge in [0, 0.05) is 16.8 Å². The lowest BCUT2D eigenvalue weighted by Crippen LogP contribution is -2.27. The lowest BCUT2D eigenvalue weighted by atomic mass is 10.2. The van der Waals surface area contributed by atoms with Gasteiger partial charge in [-0.2, -0.15) is 13.2 Å². The molecular formula is C21H18F3N7O2S. The Hall–Kier alpha value is -4.00. The first-order chi connectivity index (χ1) is 16.1. The van der Waals surface area contributed by atoms with E-state index in [1.165, 1.54) is 46.6 Å². The number of halogens is 3. The third-order valence-corrected chi connectivity index (χ3v) is 5.92. The fraction of sp³-hybridized carbons (Fsp3) is 0.190. The minimum atomic E-state index is -4.40. The molecule has 9 nitrogen and oxygen atoms in total. The maximum absolute atomic E-state index is 12.7. The van der Waals surface area contributed by atoms with Gasteiger partial charge in [0.1, 0.15) is 17.8 Å². The molecule has 4 aromatic rings. The van der Waals surface area contributed by atoms with Gasteiger partial charge < -0.3 is 20.9 Å². The molecule has 0 aliphatic carbocycles. The van der Waals surface area contributed by atoms with Crippen LogP contribution in [0.3, 0.4) is 0 Å². The zero-order valence-corrected chi connectivity index (χ0v) is 18.4. The first-order valence-electron chi connectivity index (χ1n) is 9.90. The van der Waals surface area contributed by atoms with Crippen molar-refractivity contribution in [3.05, 3.63) is 65.2 Å². The average Bonchev–Trinajstić information content (AvgIpc) is 3.40. The van der Waals surface area contributed by atoms with Gasteiger partial charge in [-0.3, -0.25) is 9.59 Å². The average molecular weight is 489 g/mol. The van der Waals surface area contributed by atoms with E-state index in [4.69, 9.17) is 5.73 Å². The Morgan fingerprint density at radius 3 is 2.56 bits per heavy atom. The number of aromatic nitrogens is 4. The third kappa shape index (κ3) is 5.14. The second kappa shape index (κ2) is 9.09. The van der Waals surface area contributed by atoms with Crippen LogP contribution in [0.25, 0.3) is 11.0 Å². The van der Waals surface area contributed by atoms with Crippen molar-refractivity contribution in [1.29, 1.82) is 0 Å². The number of hydrogen-bond donors (Lipinski definition) is 3. The van der Waals surface area contributed by atoms with E-state index >= 15 is 0 Å². The Balaban J connectivity index is 1.42. The van der Waals surface area contributed by atoms with Gasteiger partial charge in [0.25, 0.3) is 5.91 Å². The number of hydrogen-bond acceptors (Lipinski definition) is 7. The maximum Gasteiger partial charge on any atom is 0.416 e. The van der Waals surface area contributed by atoms with Crippen LogP contribution in [0.15, 0.2) is 49.1 Å². The molecule has 1 atom stereocenters. The van der Waals surface area contributed by atoms with Gasteiger partial charge in [-0.25, -0.2) is 15.0 Å². The molecule has 176 valence electrons. The van der Waals surface area contributed by atoms with Crippen LogP contribution < -0.4 is 16.4 Å². The Morgan fingerprint density at radius 1 is 1.15 bits per heavy atom. The summed E-state index contributed by atoms with van der Waals surface area (Å²) >= 11 is 1.25. The highest BCUT2D eigenvalue weighted by atomic mass is 32.1. The van der Waals surface area contributed by atoms with Crippen LogP contribution in [0.1, 0.15) is 33.9 Å². The molecule has 4 N–H and O–H groups in total. The summed E-state index contributed by atoms with van der Waals surface area (Å²) in [5.41, 5.74) is 6.16. The molecule has 34 heavy (non-hydrogen) atoms. The van der Waals surface area contributed by atoms with E-state index in [1.54, 1.807) is 13.1 Å². The molecule has 0 bridgehead atoms. The van der Waals surface area contributed by atoms with Gasteiger partial charge >= 0.3 is 6.18 Å². The molecule has 2 amide bonds. The number of imidazole rings is 1. The molecule has 0 spiro atoms. The molecule has 0 aliphatic rings. The van der Waals surface area contributed by atoms with Crippen molar-refractivity contribution < 1.29 is 22.8 Å². The number of primary amides is 1. The number of nitrogens with zero attached hydrogens (tertiary/aromatic N) is 4. The fourth-order valence-electron chi connectivity index (χ4n) is 3.13. The molecule has 13 heteroatoms. The number of anilines is 2. The third-order valence-electron chi connectivity index (χ3n) is 4.83. The number of carbonyl (C=O) groups excluding carboxylic acids is 2. The van der Waals surface area contributed by atoms with Gasteiger partial charge in [0.2, 0.25) is 5.91 Å². The Morgan fingerprint density at radius 2 is 1.88 bits per heavy atom. The number of benzene rings is 1. The van der Waals surface area contributed by atoms with E-state index in [9.17, 15) is 22.8 Å². The van der Waals surface area contributed by atoms with Crippen molar-refractivity contribution in [2.24, 2.45) is 5.73 Å². The largest absolute Gasteiger partial charge is 0.416 e. The predicted molar refractivity (Wildman–Crippen MR) is 119 cm³/mol. The number of amides is 2. The van der Waals surface area contributed by atoms with E-state index in [0.29, 0.717) is 21.9 Å². The molecule has 1 unspecified atom stereocenters. The fourth-order valence-corrected chi connectivity index (χ4v) is 3.97. The minimum absolute atomic E-state index is 0.0758. The number of fused-ring (bicyclic) bond motifs is 1. The zero-order chi connectivity index (χ0) is 24.5. The summed E-state index contributed by atoms with van der Waals surface area (Å²) in [6, 6.07) is 5.72. The van der Waals surface area contributed by atoms with E-state index in [0.717, 1.165) is 17.0 Å². The molecule has 4 rings (SSSR count). The number of nitrogens with two attached hydrogens (primary N) is 1. The molecule has 0 radical (unpaired) electrons. The standard InChI is InChI=1S/C21H18F3N7O2S/c1-11(17-8-27-20(34-17)30-13-4-2-12(3-5-13)21(22,23)24)29-19(33)14-6-16-15(7-26-14)28-10-31(16)9-18(25)32/h2-8,10-11H,9H2,1H3,(H2,25,32)(H,27,30)(H,29,33). The van der Waals surface area contributed by atoms with Crippen LogP contribution in [-0.4, -0.2) is 31.3 Å². The number of rotatable bonds is 7. The van der Waals surface area contributed by atoms with Crippen molar-refractivity contribution in [3.8, 4) is 0 Å². The maximum atomic E-state index is 12.7. The lowest BCUT2D eigenvalue weighted by Gasteiger charge is -2.11. The van der Waals surface area contributed by atoms with Crippen molar-refractivity contribution in [3.63, 3.8) is 0 Å². The topological polar surface area (TPSA) is 128 Å². The lowest BCUT2D eigenvalue weighted by molar-refractivity contribution is -0.137. The second-order valence-corrected chi connectivity index (χ2v) is 8.42. The second-order valence-electron chi connectivity index (χ2n) is 7.36. The van der Waals surface area contributed by atoms with Crippen molar-refractivity contribution >= 4 is 45.0 Å². The number of carbonyl (C=O) groups is 2. The number of pyridine rings is 1. The van der Waals surface area contributed by atoms with Crippen LogP contribution in [0, 0.1) is 0 Å². The normalized spacial score (nSPS) is 12.5. The van der Waals surface area contributed by atoms with Gasteiger partial charge in [-0.1, -0.05) is 11.3 Å². The van der Waals surface area contributed by atoms with Crippen molar-refractivity contribution in [2.45, 2.75) is 25.7 Å². The first kappa shape index (κ1) is 23.2. The smallest absolute Gasteiger partial charge is 0.368 e. The summed E-state index contributed by atoms with van der Waals surface area (Å²) in [5.74, 6) is -0.978. The molecule has 0 fully saturated rings. The molecule has 3 aromatic heterocycles. The van der Waals surface area contributed by atoms with Crippen LogP contribution >= 0.6 is 11.3 Å². The summed E-state index contributed by atoms with van der Waals surface area (Å²) in [6.45, 7) is 1.69. The van der Waals surface area contributed by atoms with Crippen molar-refractivity contribution in [2.75, 3.05) is 5.32 Å². The number of nitrogens with one attached hydrogen (secondary N) is 2. The van der Waals surface area contributed by atoms with Gasteiger partial charge in [-0.05, 0) is 37.3 Å². The highest BCUT2D eigenvalue weighted by Gasteiger charge is 2.30.